The maximum absolute atomic E-state index is 2.58. The minimum absolute atomic E-state index is 0.622. The molecule has 1 heterocycles. The molecule has 29 heavy (non-hydrogen) atoms. The lowest BCUT2D eigenvalue weighted by Crippen LogP contribution is -2.38. The van der Waals surface area contributed by atoms with E-state index in [0.29, 0.717) is 6.04 Å². The largest absolute Gasteiger partial charge is 0.366 e. The van der Waals surface area contributed by atoms with Crippen LogP contribution in [0.4, 0.5) is 5.69 Å². The van der Waals surface area contributed by atoms with E-state index in [0.717, 1.165) is 13.1 Å². The molecule has 1 atom stereocenters. The van der Waals surface area contributed by atoms with Gasteiger partial charge in [0.25, 0.3) is 0 Å². The Bertz CT molecular complexity index is 1130. The van der Waals surface area contributed by atoms with Crippen molar-refractivity contribution in [2.24, 2.45) is 0 Å². The molecule has 0 amide bonds. The zero-order valence-electron chi connectivity index (χ0n) is 17.1. The van der Waals surface area contributed by atoms with Crippen LogP contribution in [0.25, 0.3) is 21.5 Å². The van der Waals surface area contributed by atoms with E-state index in [1.807, 2.05) is 0 Å². The summed E-state index contributed by atoms with van der Waals surface area (Å²) in [5.74, 6) is 0. The summed E-state index contributed by atoms with van der Waals surface area (Å²) in [6.45, 7) is 3.21. The number of anilines is 1. The van der Waals surface area contributed by atoms with Gasteiger partial charge in [-0.3, -0.25) is 0 Å². The molecule has 1 aliphatic heterocycles. The summed E-state index contributed by atoms with van der Waals surface area (Å²) in [5, 5.41) is 5.30. The first-order valence-electron chi connectivity index (χ1n) is 10.7. The fourth-order valence-electron chi connectivity index (χ4n) is 4.73. The topological polar surface area (TPSA) is 6.48 Å². The van der Waals surface area contributed by atoms with Gasteiger partial charge in [-0.15, -0.1) is 0 Å². The highest BCUT2D eigenvalue weighted by Gasteiger charge is 2.24. The molecule has 0 unspecified atom stereocenters. The van der Waals surface area contributed by atoms with Crippen LogP contribution in [0.3, 0.4) is 0 Å². The maximum atomic E-state index is 2.58. The van der Waals surface area contributed by atoms with E-state index in [-0.39, 0.29) is 0 Å². The Hall–Kier alpha value is -2.84. The van der Waals surface area contributed by atoms with Crippen molar-refractivity contribution in [2.45, 2.75) is 25.4 Å². The lowest BCUT2D eigenvalue weighted by atomic mass is 10.0. The molecular formula is C27H28N2. The molecule has 1 aliphatic rings. The van der Waals surface area contributed by atoms with Crippen LogP contribution in [-0.2, 0) is 6.54 Å². The highest BCUT2D eigenvalue weighted by atomic mass is 15.2. The smallest absolute Gasteiger partial charge is 0.0436 e. The van der Waals surface area contributed by atoms with Crippen molar-refractivity contribution in [1.82, 2.24) is 4.90 Å². The van der Waals surface area contributed by atoms with Gasteiger partial charge in [-0.1, -0.05) is 72.8 Å². The molecule has 0 aromatic heterocycles. The molecular weight excluding hydrogens is 352 g/mol. The lowest BCUT2D eigenvalue weighted by Gasteiger charge is -2.31. The monoisotopic (exact) mass is 380 g/mol. The summed E-state index contributed by atoms with van der Waals surface area (Å²) >= 11 is 0. The van der Waals surface area contributed by atoms with Crippen LogP contribution in [0.1, 0.15) is 18.4 Å². The molecule has 4 aromatic rings. The van der Waals surface area contributed by atoms with E-state index >= 15 is 0 Å². The second kappa shape index (κ2) is 7.88. The molecule has 5 rings (SSSR count). The van der Waals surface area contributed by atoms with Crippen molar-refractivity contribution in [1.29, 1.82) is 0 Å². The van der Waals surface area contributed by atoms with Crippen LogP contribution in [0.2, 0.25) is 0 Å². The van der Waals surface area contributed by atoms with Crippen LogP contribution in [0.5, 0.6) is 0 Å². The Morgan fingerprint density at radius 3 is 2.41 bits per heavy atom. The molecule has 0 N–H and O–H groups in total. The van der Waals surface area contributed by atoms with Crippen LogP contribution < -0.4 is 4.90 Å². The summed E-state index contributed by atoms with van der Waals surface area (Å²) in [5.41, 5.74) is 2.72. The fraction of sp³-hybridized carbons (Fsp3) is 0.259. The van der Waals surface area contributed by atoms with Gasteiger partial charge in [-0.05, 0) is 65.7 Å². The number of nitrogens with zero attached hydrogens (tertiary/aromatic N) is 2. The summed E-state index contributed by atoms with van der Waals surface area (Å²) in [6, 6.07) is 31.6. The van der Waals surface area contributed by atoms with Gasteiger partial charge in [0.15, 0.2) is 0 Å². The average molecular weight is 381 g/mol. The standard InChI is InChI=1S/C27H28N2/c1-28-17-7-13-26(28)20-29(25-16-15-21-8-2-3-10-23(21)18-25)19-24-12-6-11-22-9-4-5-14-27(22)24/h2-6,8-12,14-16,18,26H,7,13,17,19-20H2,1H3/t26-/m0/s1. The molecule has 0 saturated carbocycles. The van der Waals surface area contributed by atoms with Crippen LogP contribution >= 0.6 is 0 Å². The highest BCUT2D eigenvalue weighted by molar-refractivity contribution is 5.87. The highest BCUT2D eigenvalue weighted by Crippen LogP contribution is 2.28. The Morgan fingerprint density at radius 2 is 1.59 bits per heavy atom. The van der Waals surface area contributed by atoms with Crippen molar-refractivity contribution in [3.05, 3.63) is 90.5 Å². The summed E-state index contributed by atoms with van der Waals surface area (Å²) in [4.78, 5) is 5.11. The molecule has 0 radical (unpaired) electrons. The minimum Gasteiger partial charge on any atom is -0.366 e. The number of benzene rings is 4. The maximum Gasteiger partial charge on any atom is 0.0436 e. The van der Waals surface area contributed by atoms with Crippen molar-refractivity contribution in [3.63, 3.8) is 0 Å². The molecule has 1 saturated heterocycles. The van der Waals surface area contributed by atoms with Crippen LogP contribution in [-0.4, -0.2) is 31.1 Å². The Kier molecular flexibility index (Phi) is 4.95. The molecule has 4 aromatic carbocycles. The molecule has 0 spiro atoms. The lowest BCUT2D eigenvalue weighted by molar-refractivity contribution is 0.311. The zero-order valence-corrected chi connectivity index (χ0v) is 17.1. The van der Waals surface area contributed by atoms with Gasteiger partial charge in [-0.25, -0.2) is 0 Å². The fourth-order valence-corrected chi connectivity index (χ4v) is 4.73. The molecule has 2 heteroatoms. The van der Waals surface area contributed by atoms with Gasteiger partial charge in [0.1, 0.15) is 0 Å². The van der Waals surface area contributed by atoms with E-state index in [1.165, 1.54) is 52.2 Å². The van der Waals surface area contributed by atoms with E-state index in [4.69, 9.17) is 0 Å². The second-order valence-electron chi connectivity index (χ2n) is 8.33. The second-order valence-corrected chi connectivity index (χ2v) is 8.33. The third-order valence-corrected chi connectivity index (χ3v) is 6.44. The average Bonchev–Trinajstić information content (AvgIpc) is 3.17. The Balaban J connectivity index is 1.53. The number of rotatable bonds is 5. The zero-order chi connectivity index (χ0) is 19.6. The third kappa shape index (κ3) is 3.73. The Labute approximate surface area is 173 Å². The van der Waals surface area contributed by atoms with Gasteiger partial charge in [0, 0.05) is 24.8 Å². The number of hydrogen-bond acceptors (Lipinski definition) is 2. The van der Waals surface area contributed by atoms with E-state index < -0.39 is 0 Å². The number of fused-ring (bicyclic) bond motifs is 2. The van der Waals surface area contributed by atoms with Crippen LogP contribution in [0.15, 0.2) is 84.9 Å². The molecule has 1 fully saturated rings. The number of likely N-dealkylation sites (tertiary alicyclic amines) is 1. The predicted octanol–water partition coefficient (Wildman–Crippen LogP) is 6.09. The normalized spacial score (nSPS) is 17.2. The van der Waals surface area contributed by atoms with Crippen molar-refractivity contribution >= 4 is 27.2 Å². The first-order chi connectivity index (χ1) is 14.3. The molecule has 146 valence electrons. The molecule has 2 nitrogen and oxygen atoms in total. The van der Waals surface area contributed by atoms with Gasteiger partial charge < -0.3 is 9.80 Å². The minimum atomic E-state index is 0.622. The summed E-state index contributed by atoms with van der Waals surface area (Å²) in [6.07, 6.45) is 2.59. The SMILES string of the molecule is CN1CCC[C@H]1CN(Cc1cccc2ccccc12)c1ccc2ccccc2c1. The third-order valence-electron chi connectivity index (χ3n) is 6.44. The van der Waals surface area contributed by atoms with Gasteiger partial charge in [0.05, 0.1) is 0 Å². The summed E-state index contributed by atoms with van der Waals surface area (Å²) in [7, 11) is 2.27. The first-order valence-corrected chi connectivity index (χ1v) is 10.7. The molecule has 0 bridgehead atoms. The number of likely N-dealkylation sites (N-methyl/N-ethyl adjacent to an activating group) is 1. The van der Waals surface area contributed by atoms with Gasteiger partial charge in [-0.2, -0.15) is 0 Å². The van der Waals surface area contributed by atoms with Crippen LogP contribution in [0, 0.1) is 0 Å². The predicted molar refractivity (Wildman–Crippen MR) is 125 cm³/mol. The quantitative estimate of drug-likeness (QED) is 0.413. The van der Waals surface area contributed by atoms with E-state index in [1.54, 1.807) is 0 Å². The van der Waals surface area contributed by atoms with Crippen molar-refractivity contribution in [2.75, 3.05) is 25.0 Å². The molecule has 0 aliphatic carbocycles. The first kappa shape index (κ1) is 18.2. The van der Waals surface area contributed by atoms with Crippen molar-refractivity contribution in [3.8, 4) is 0 Å². The number of hydrogen-bond donors (Lipinski definition) is 0. The summed E-state index contributed by atoms with van der Waals surface area (Å²) < 4.78 is 0. The van der Waals surface area contributed by atoms with E-state index in [2.05, 4.69) is 102 Å². The van der Waals surface area contributed by atoms with Gasteiger partial charge >= 0.3 is 0 Å². The Morgan fingerprint density at radius 1 is 0.828 bits per heavy atom. The van der Waals surface area contributed by atoms with Crippen molar-refractivity contribution < 1.29 is 0 Å². The van der Waals surface area contributed by atoms with E-state index in [9.17, 15) is 0 Å². The van der Waals surface area contributed by atoms with Gasteiger partial charge in [0.2, 0.25) is 0 Å².